The van der Waals surface area contributed by atoms with Gasteiger partial charge in [0.25, 0.3) is 0 Å². The Bertz CT molecular complexity index is 481. The Morgan fingerprint density at radius 2 is 2.35 bits per heavy atom. The highest BCUT2D eigenvalue weighted by Gasteiger charge is 2.38. The fourth-order valence-corrected chi connectivity index (χ4v) is 3.42. The molecule has 1 unspecified atom stereocenters. The molecule has 1 fully saturated rings. The van der Waals surface area contributed by atoms with E-state index in [4.69, 9.17) is 0 Å². The maximum Gasteiger partial charge on any atom is 0.231 e. The summed E-state index contributed by atoms with van der Waals surface area (Å²) in [4.78, 5) is 12.7. The summed E-state index contributed by atoms with van der Waals surface area (Å²) >= 11 is 2.05. The number of nitrogens with one attached hydrogen (secondary N) is 2. The molecular formula is C15H20FIN2O. The van der Waals surface area contributed by atoms with Crippen LogP contribution in [-0.4, -0.2) is 19.0 Å². The van der Waals surface area contributed by atoms with Gasteiger partial charge >= 0.3 is 0 Å². The minimum atomic E-state index is -0.329. The van der Waals surface area contributed by atoms with Crippen molar-refractivity contribution >= 4 is 34.2 Å². The molecular weight excluding hydrogens is 370 g/mol. The topological polar surface area (TPSA) is 41.1 Å². The van der Waals surface area contributed by atoms with Crippen LogP contribution in [0.4, 0.5) is 10.1 Å². The molecule has 0 aliphatic carbocycles. The summed E-state index contributed by atoms with van der Waals surface area (Å²) in [6, 6.07) is 4.44. The van der Waals surface area contributed by atoms with Gasteiger partial charge in [-0.05, 0) is 66.6 Å². The monoisotopic (exact) mass is 390 g/mol. The van der Waals surface area contributed by atoms with E-state index in [0.717, 1.165) is 42.3 Å². The molecule has 1 amide bonds. The van der Waals surface area contributed by atoms with Crippen molar-refractivity contribution in [3.63, 3.8) is 0 Å². The highest BCUT2D eigenvalue weighted by Crippen LogP contribution is 2.33. The Morgan fingerprint density at radius 3 is 2.95 bits per heavy atom. The Kier molecular flexibility index (Phi) is 5.37. The van der Waals surface area contributed by atoms with Crippen LogP contribution in [0.3, 0.4) is 0 Å². The molecule has 2 N–H and O–H groups in total. The lowest BCUT2D eigenvalue weighted by Crippen LogP contribution is -2.48. The lowest BCUT2D eigenvalue weighted by molar-refractivity contribution is -0.127. The van der Waals surface area contributed by atoms with Crippen LogP contribution in [0.15, 0.2) is 18.2 Å². The summed E-state index contributed by atoms with van der Waals surface area (Å²) in [5.41, 5.74) is 0.364. The van der Waals surface area contributed by atoms with Crippen molar-refractivity contribution in [3.8, 4) is 0 Å². The summed E-state index contributed by atoms with van der Waals surface area (Å²) in [5, 5.41) is 6.31. The average Bonchev–Trinajstić information content (AvgIpc) is 2.43. The Morgan fingerprint density at radius 1 is 1.55 bits per heavy atom. The van der Waals surface area contributed by atoms with Crippen LogP contribution in [0.5, 0.6) is 0 Å². The maximum absolute atomic E-state index is 13.1. The second-order valence-corrected chi connectivity index (χ2v) is 6.55. The molecule has 0 spiro atoms. The molecule has 0 radical (unpaired) electrons. The van der Waals surface area contributed by atoms with Crippen LogP contribution in [0.1, 0.15) is 32.6 Å². The SMILES string of the molecule is CCCC1(C(=O)Nc2ccc(F)cc2I)CCCNC1. The third kappa shape index (κ3) is 3.49. The van der Waals surface area contributed by atoms with Crippen LogP contribution in [0.2, 0.25) is 0 Å². The largest absolute Gasteiger partial charge is 0.325 e. The highest BCUT2D eigenvalue weighted by atomic mass is 127. The van der Waals surface area contributed by atoms with Gasteiger partial charge in [0.2, 0.25) is 5.91 Å². The first-order valence-corrected chi connectivity index (χ1v) is 8.12. The van der Waals surface area contributed by atoms with E-state index >= 15 is 0 Å². The van der Waals surface area contributed by atoms with Crippen LogP contribution in [0, 0.1) is 14.8 Å². The van der Waals surface area contributed by atoms with E-state index in [9.17, 15) is 9.18 Å². The molecule has 0 bridgehead atoms. The predicted molar refractivity (Wildman–Crippen MR) is 87.2 cm³/mol. The minimum absolute atomic E-state index is 0.0519. The van der Waals surface area contributed by atoms with E-state index in [1.54, 1.807) is 6.07 Å². The second kappa shape index (κ2) is 6.85. The number of carbonyl (C=O) groups excluding carboxylic acids is 1. The van der Waals surface area contributed by atoms with Gasteiger partial charge < -0.3 is 10.6 Å². The third-order valence-electron chi connectivity index (χ3n) is 3.86. The molecule has 2 rings (SSSR count). The van der Waals surface area contributed by atoms with E-state index < -0.39 is 0 Å². The molecule has 0 saturated carbocycles. The zero-order valence-electron chi connectivity index (χ0n) is 11.6. The quantitative estimate of drug-likeness (QED) is 0.773. The molecule has 20 heavy (non-hydrogen) atoms. The Hall–Kier alpha value is -0.690. The van der Waals surface area contributed by atoms with Gasteiger partial charge in [-0.3, -0.25) is 4.79 Å². The number of amides is 1. The Labute approximate surface area is 132 Å². The first kappa shape index (κ1) is 15.7. The van der Waals surface area contributed by atoms with Crippen LogP contribution < -0.4 is 10.6 Å². The second-order valence-electron chi connectivity index (χ2n) is 5.39. The van der Waals surface area contributed by atoms with Gasteiger partial charge in [0.15, 0.2) is 0 Å². The van der Waals surface area contributed by atoms with Gasteiger partial charge in [0, 0.05) is 10.1 Å². The number of piperidine rings is 1. The smallest absolute Gasteiger partial charge is 0.231 e. The molecule has 1 saturated heterocycles. The zero-order valence-corrected chi connectivity index (χ0v) is 13.8. The van der Waals surface area contributed by atoms with E-state index in [-0.39, 0.29) is 17.1 Å². The van der Waals surface area contributed by atoms with E-state index in [0.29, 0.717) is 5.69 Å². The van der Waals surface area contributed by atoms with Crippen LogP contribution in [-0.2, 0) is 4.79 Å². The minimum Gasteiger partial charge on any atom is -0.325 e. The number of benzene rings is 1. The van der Waals surface area contributed by atoms with Gasteiger partial charge in [0.05, 0.1) is 11.1 Å². The normalized spacial score (nSPS) is 22.6. The van der Waals surface area contributed by atoms with Gasteiger partial charge in [0.1, 0.15) is 5.82 Å². The summed E-state index contributed by atoms with van der Waals surface area (Å²) in [6.45, 7) is 3.81. The fraction of sp³-hybridized carbons (Fsp3) is 0.533. The number of anilines is 1. The van der Waals surface area contributed by atoms with Crippen molar-refractivity contribution < 1.29 is 9.18 Å². The van der Waals surface area contributed by atoms with Crippen molar-refractivity contribution in [1.29, 1.82) is 0 Å². The molecule has 1 aliphatic heterocycles. The first-order valence-electron chi connectivity index (χ1n) is 7.04. The maximum atomic E-state index is 13.1. The Balaban J connectivity index is 2.15. The summed E-state index contributed by atoms with van der Waals surface area (Å²) in [5.74, 6) is -0.230. The van der Waals surface area contributed by atoms with Crippen molar-refractivity contribution in [1.82, 2.24) is 5.32 Å². The summed E-state index contributed by atoms with van der Waals surface area (Å²) < 4.78 is 13.8. The number of carbonyl (C=O) groups is 1. The summed E-state index contributed by atoms with van der Waals surface area (Å²) in [6.07, 6.45) is 3.80. The highest BCUT2D eigenvalue weighted by molar-refractivity contribution is 14.1. The number of halogens is 2. The molecule has 1 aliphatic rings. The molecule has 1 aromatic rings. The lowest BCUT2D eigenvalue weighted by Gasteiger charge is -2.36. The van der Waals surface area contributed by atoms with Crippen LogP contribution >= 0.6 is 22.6 Å². The van der Waals surface area contributed by atoms with Crippen molar-refractivity contribution in [2.45, 2.75) is 32.6 Å². The van der Waals surface area contributed by atoms with Gasteiger partial charge in [-0.2, -0.15) is 0 Å². The van der Waals surface area contributed by atoms with Gasteiger partial charge in [-0.25, -0.2) is 4.39 Å². The fourth-order valence-electron chi connectivity index (χ4n) is 2.81. The number of hydrogen-bond donors (Lipinski definition) is 2. The van der Waals surface area contributed by atoms with Crippen LogP contribution in [0.25, 0.3) is 0 Å². The average molecular weight is 390 g/mol. The van der Waals surface area contributed by atoms with Gasteiger partial charge in [-0.1, -0.05) is 13.3 Å². The van der Waals surface area contributed by atoms with E-state index in [1.807, 2.05) is 22.6 Å². The first-order chi connectivity index (χ1) is 9.57. The standard InChI is InChI=1S/C15H20FIN2O/c1-2-6-15(7-3-8-18-10-15)14(20)19-13-5-4-11(16)9-12(13)17/h4-5,9,18H,2-3,6-8,10H2,1H3,(H,19,20). The molecule has 110 valence electrons. The third-order valence-corrected chi connectivity index (χ3v) is 4.75. The molecule has 1 atom stereocenters. The molecule has 1 aromatic carbocycles. The molecule has 1 heterocycles. The van der Waals surface area contributed by atoms with Crippen molar-refractivity contribution in [2.24, 2.45) is 5.41 Å². The summed E-state index contributed by atoms with van der Waals surface area (Å²) in [7, 11) is 0. The predicted octanol–water partition coefficient (Wildman–Crippen LogP) is 3.54. The molecule has 3 nitrogen and oxygen atoms in total. The van der Waals surface area contributed by atoms with E-state index in [1.165, 1.54) is 12.1 Å². The van der Waals surface area contributed by atoms with E-state index in [2.05, 4.69) is 17.6 Å². The number of hydrogen-bond acceptors (Lipinski definition) is 2. The lowest BCUT2D eigenvalue weighted by atomic mass is 9.76. The van der Waals surface area contributed by atoms with Gasteiger partial charge in [-0.15, -0.1) is 0 Å². The zero-order chi connectivity index (χ0) is 14.6. The van der Waals surface area contributed by atoms with Crippen molar-refractivity contribution in [2.75, 3.05) is 18.4 Å². The molecule has 5 heteroatoms. The van der Waals surface area contributed by atoms with Crippen molar-refractivity contribution in [3.05, 3.63) is 27.6 Å². The molecule has 0 aromatic heterocycles. The number of rotatable bonds is 4.